The smallest absolute Gasteiger partial charge is 0.370 e. The van der Waals surface area contributed by atoms with E-state index in [0.29, 0.717) is 0 Å². The summed E-state index contributed by atoms with van der Waals surface area (Å²) in [6, 6.07) is -2.30. The molecule has 1 aliphatic rings. The second kappa shape index (κ2) is 9.70. The third-order valence-corrected chi connectivity index (χ3v) is 3.57. The van der Waals surface area contributed by atoms with E-state index < -0.39 is 67.1 Å². The summed E-state index contributed by atoms with van der Waals surface area (Å²) in [4.78, 5) is 38.3. The van der Waals surface area contributed by atoms with Crippen molar-refractivity contribution in [3.63, 3.8) is 0 Å². The number of guanidine groups is 1. The predicted molar refractivity (Wildman–Crippen MR) is 89.9 cm³/mol. The number of nitrogens with two attached hydrogens (primary N) is 2. The topological polar surface area (TPSA) is 230 Å². The molecule has 152 valence electrons. The van der Waals surface area contributed by atoms with Crippen molar-refractivity contribution >= 4 is 23.7 Å². The number of hydrogen-bond donors (Lipinski definition) is 8. The first-order valence-electron chi connectivity index (χ1n) is 7.77. The largest absolute Gasteiger partial charge is 0.478 e. The summed E-state index contributed by atoms with van der Waals surface area (Å²) in [5.74, 6) is -3.75. The maximum absolute atomic E-state index is 12.0. The van der Waals surface area contributed by atoms with E-state index in [1.807, 2.05) is 0 Å². The highest BCUT2D eigenvalue weighted by atomic mass is 16.5. The lowest BCUT2D eigenvalue weighted by atomic mass is 9.92. The number of aliphatic hydroxyl groups excluding tert-OH is 3. The molecule has 1 aliphatic heterocycles. The molecule has 0 unspecified atom stereocenters. The summed E-state index contributed by atoms with van der Waals surface area (Å²) in [7, 11) is 0. The molecule has 0 radical (unpaired) electrons. The number of nitrogens with one attached hydrogen (secondary N) is 2. The van der Waals surface area contributed by atoms with Gasteiger partial charge < -0.3 is 47.3 Å². The molecule has 0 aromatic heterocycles. The van der Waals surface area contributed by atoms with Crippen molar-refractivity contribution < 1.29 is 39.5 Å². The van der Waals surface area contributed by atoms with Crippen LogP contribution in [0.25, 0.3) is 0 Å². The number of nitrogens with zero attached hydrogens (tertiary/aromatic N) is 1. The fourth-order valence-electron chi connectivity index (χ4n) is 2.39. The Morgan fingerprint density at radius 2 is 1.93 bits per heavy atom. The van der Waals surface area contributed by atoms with Crippen molar-refractivity contribution in [2.24, 2.45) is 16.5 Å². The number of aliphatic carboxylic acids is 1. The monoisotopic (exact) mass is 389 g/mol. The lowest BCUT2D eigenvalue weighted by Gasteiger charge is -2.40. The molecule has 0 fully saturated rings. The van der Waals surface area contributed by atoms with Gasteiger partial charge in [0.15, 0.2) is 5.96 Å². The molecule has 0 aromatic rings. The van der Waals surface area contributed by atoms with Gasteiger partial charge in [-0.15, -0.1) is 0 Å². The van der Waals surface area contributed by atoms with Gasteiger partial charge >= 0.3 is 5.97 Å². The number of rotatable bonds is 8. The number of ether oxygens (including phenoxy) is 1. The number of carbonyl (C=O) groups is 3. The first-order chi connectivity index (χ1) is 12.6. The summed E-state index contributed by atoms with van der Waals surface area (Å²) in [6.07, 6.45) is -3.92. The predicted octanol–water partition coefficient (Wildman–Crippen LogP) is -4.67. The van der Waals surface area contributed by atoms with Crippen molar-refractivity contribution in [1.29, 1.82) is 0 Å². The first-order valence-corrected chi connectivity index (χ1v) is 7.77. The molecule has 0 bridgehead atoms. The Labute approximate surface area is 153 Å². The van der Waals surface area contributed by atoms with Crippen LogP contribution in [0.3, 0.4) is 0 Å². The zero-order chi connectivity index (χ0) is 20.7. The van der Waals surface area contributed by atoms with Gasteiger partial charge in [0.25, 0.3) is 0 Å². The van der Waals surface area contributed by atoms with Gasteiger partial charge in [0, 0.05) is 6.92 Å². The van der Waals surface area contributed by atoms with Gasteiger partial charge in [0.05, 0.1) is 18.7 Å². The summed E-state index contributed by atoms with van der Waals surface area (Å²) in [5, 5.41) is 42.9. The van der Waals surface area contributed by atoms with Gasteiger partial charge in [0.2, 0.25) is 17.6 Å². The van der Waals surface area contributed by atoms with E-state index in [9.17, 15) is 29.7 Å². The minimum atomic E-state index is -1.77. The second-order valence-corrected chi connectivity index (χ2v) is 5.72. The van der Waals surface area contributed by atoms with Gasteiger partial charge in [-0.05, 0) is 6.08 Å². The number of aliphatic imine (C=N–C) groups is 1. The van der Waals surface area contributed by atoms with Crippen LogP contribution in [0.1, 0.15) is 6.92 Å². The Balaban J connectivity index is 3.20. The van der Waals surface area contributed by atoms with E-state index in [0.717, 1.165) is 13.0 Å². The van der Waals surface area contributed by atoms with Gasteiger partial charge in [-0.3, -0.25) is 9.59 Å². The average Bonchev–Trinajstić information content (AvgIpc) is 2.59. The molecule has 27 heavy (non-hydrogen) atoms. The van der Waals surface area contributed by atoms with Crippen molar-refractivity contribution in [2.75, 3.05) is 13.2 Å². The van der Waals surface area contributed by atoms with Crippen molar-refractivity contribution in [3.8, 4) is 0 Å². The summed E-state index contributed by atoms with van der Waals surface area (Å²) in [6.45, 7) is -0.155. The fraction of sp³-hybridized carbons (Fsp3) is 0.571. The van der Waals surface area contributed by atoms with Crippen LogP contribution in [-0.2, 0) is 19.1 Å². The molecule has 0 aliphatic carbocycles. The SMILES string of the molecule is CC(=O)N[C@H]1[C@H]([C@H](O)[C@H](O)CO)OC(C(=O)O)=C[C@@H]1NC(=O)CN=C(N)N. The Hall–Kier alpha value is -2.90. The van der Waals surface area contributed by atoms with Crippen molar-refractivity contribution in [1.82, 2.24) is 10.6 Å². The summed E-state index contributed by atoms with van der Waals surface area (Å²) in [5.41, 5.74) is 10.3. The molecule has 13 heteroatoms. The Bertz CT molecular complexity index is 633. The maximum atomic E-state index is 12.0. The molecule has 13 nitrogen and oxygen atoms in total. The van der Waals surface area contributed by atoms with Crippen LogP contribution >= 0.6 is 0 Å². The van der Waals surface area contributed by atoms with Crippen LogP contribution in [0.4, 0.5) is 0 Å². The highest BCUT2D eigenvalue weighted by Gasteiger charge is 2.44. The fourth-order valence-corrected chi connectivity index (χ4v) is 2.39. The molecule has 0 aromatic carbocycles. The van der Waals surface area contributed by atoms with E-state index in [1.54, 1.807) is 0 Å². The molecule has 2 amide bonds. The lowest BCUT2D eigenvalue weighted by Crippen LogP contribution is -2.63. The molecular formula is C14H23N5O8. The molecule has 1 rings (SSSR count). The number of carboxylic acids is 1. The Kier molecular flexibility index (Phi) is 7.96. The highest BCUT2D eigenvalue weighted by molar-refractivity contribution is 5.86. The van der Waals surface area contributed by atoms with Crippen molar-refractivity contribution in [2.45, 2.75) is 37.3 Å². The maximum Gasteiger partial charge on any atom is 0.370 e. The third-order valence-electron chi connectivity index (χ3n) is 3.57. The van der Waals surface area contributed by atoms with Gasteiger partial charge in [-0.25, -0.2) is 9.79 Å². The van der Waals surface area contributed by atoms with Gasteiger partial charge in [0.1, 0.15) is 24.9 Å². The second-order valence-electron chi connectivity index (χ2n) is 5.72. The Morgan fingerprint density at radius 1 is 1.30 bits per heavy atom. The number of aliphatic hydroxyl groups is 3. The van der Waals surface area contributed by atoms with Crippen LogP contribution in [-0.4, -0.2) is 87.7 Å². The summed E-state index contributed by atoms with van der Waals surface area (Å²) < 4.78 is 5.16. The zero-order valence-corrected chi connectivity index (χ0v) is 14.4. The van der Waals surface area contributed by atoms with Gasteiger partial charge in [-0.1, -0.05) is 0 Å². The molecule has 10 N–H and O–H groups in total. The number of amides is 2. The van der Waals surface area contributed by atoms with Crippen LogP contribution in [0, 0.1) is 0 Å². The van der Waals surface area contributed by atoms with Crippen LogP contribution < -0.4 is 22.1 Å². The lowest BCUT2D eigenvalue weighted by molar-refractivity contribution is -0.147. The standard InChI is InChI=1S/C14H23N5O8/c1-5(21)18-10-6(19-9(23)3-17-14(15)16)2-8(13(25)26)27-12(10)11(24)7(22)4-20/h2,6-7,10-12,20,22,24H,3-4H2,1H3,(H,18,21)(H,19,23)(H,25,26)(H4,15,16,17)/t6-,7+,10+,11+,12+/m0/s1. The molecule has 1 heterocycles. The van der Waals surface area contributed by atoms with Gasteiger partial charge in [-0.2, -0.15) is 0 Å². The molecule has 0 saturated carbocycles. The quantitative estimate of drug-likeness (QED) is 0.146. The summed E-state index contributed by atoms with van der Waals surface area (Å²) >= 11 is 0. The van der Waals surface area contributed by atoms with E-state index in [4.69, 9.17) is 21.3 Å². The van der Waals surface area contributed by atoms with E-state index >= 15 is 0 Å². The van der Waals surface area contributed by atoms with Crippen LogP contribution in [0.15, 0.2) is 16.8 Å². The molecule has 0 spiro atoms. The van der Waals surface area contributed by atoms with E-state index in [-0.39, 0.29) is 5.96 Å². The van der Waals surface area contributed by atoms with Crippen LogP contribution in [0.2, 0.25) is 0 Å². The molecular weight excluding hydrogens is 366 g/mol. The first kappa shape index (κ1) is 22.1. The van der Waals surface area contributed by atoms with Crippen LogP contribution in [0.5, 0.6) is 0 Å². The average molecular weight is 389 g/mol. The Morgan fingerprint density at radius 3 is 2.41 bits per heavy atom. The minimum absolute atomic E-state index is 0.336. The molecule has 0 saturated heterocycles. The normalized spacial score (nSPS) is 23.9. The third kappa shape index (κ3) is 6.40. The van der Waals surface area contributed by atoms with E-state index in [1.165, 1.54) is 0 Å². The van der Waals surface area contributed by atoms with E-state index in [2.05, 4.69) is 15.6 Å². The zero-order valence-electron chi connectivity index (χ0n) is 14.4. The number of hydrogen-bond acceptors (Lipinski definition) is 8. The van der Waals surface area contributed by atoms with Crippen molar-refractivity contribution in [3.05, 3.63) is 11.8 Å². The molecule has 5 atom stereocenters. The number of carbonyl (C=O) groups excluding carboxylic acids is 2. The number of carboxylic acid groups (broad SMARTS) is 1. The minimum Gasteiger partial charge on any atom is -0.478 e. The highest BCUT2D eigenvalue weighted by Crippen LogP contribution is 2.23.